The Balaban J connectivity index is 0.000000487. The van der Waals surface area contributed by atoms with Crippen LogP contribution in [0.4, 0.5) is 0 Å². The maximum absolute atomic E-state index is 4.50. The maximum Gasteiger partial charge on any atom is -0.0155 e. The Labute approximate surface area is 233 Å². The van der Waals surface area contributed by atoms with Crippen LogP contribution in [0.5, 0.6) is 0 Å². The van der Waals surface area contributed by atoms with Crippen LogP contribution in [-0.4, -0.2) is 7.05 Å². The zero-order chi connectivity index (χ0) is 28.6. The van der Waals surface area contributed by atoms with E-state index >= 15 is 0 Å². The van der Waals surface area contributed by atoms with Crippen LogP contribution in [0, 0.1) is 26.7 Å². The first-order valence-corrected chi connectivity index (χ1v) is 13.4. The lowest BCUT2D eigenvalue weighted by Crippen LogP contribution is -1.88. The second-order valence-electron chi connectivity index (χ2n) is 8.96. The van der Waals surface area contributed by atoms with E-state index in [1.807, 2.05) is 48.5 Å². The van der Waals surface area contributed by atoms with E-state index in [4.69, 9.17) is 0 Å². The van der Waals surface area contributed by atoms with Crippen LogP contribution in [0.2, 0.25) is 0 Å². The number of rotatable bonds is 4. The standard InChI is InChI=1S/C13H12.C9H16.2C7H8.CH5N/c1-11-7-5-6-10-13(11)12-8-3-2-4-9-12;1-5-7-9(6-2)8(3)4;2*1-7-5-3-2-4-6-7;1-2/h2-10H,1H3;6-8H,2,5H2,1,3-4H3;2*2-6H,1H3;2H2,1H3/b;9-7+;;;. The number of allylic oxidation sites excluding steroid dienone is 3. The summed E-state index contributed by atoms with van der Waals surface area (Å²) in [4.78, 5) is 0. The number of hydrogen-bond acceptors (Lipinski definition) is 1. The Morgan fingerprint density at radius 2 is 1.05 bits per heavy atom. The molecule has 0 radical (unpaired) electrons. The van der Waals surface area contributed by atoms with Crippen molar-refractivity contribution in [1.29, 1.82) is 0 Å². The van der Waals surface area contributed by atoms with E-state index in [-0.39, 0.29) is 0 Å². The lowest BCUT2D eigenvalue weighted by molar-refractivity contribution is 0.786. The van der Waals surface area contributed by atoms with Crippen LogP contribution in [-0.2, 0) is 0 Å². The predicted octanol–water partition coefficient (Wildman–Crippen LogP) is 10.4. The molecule has 0 amide bonds. The van der Waals surface area contributed by atoms with Crippen molar-refractivity contribution >= 4 is 0 Å². The van der Waals surface area contributed by atoms with Gasteiger partial charge in [0.05, 0.1) is 0 Å². The third-order valence-corrected chi connectivity index (χ3v) is 5.45. The minimum absolute atomic E-state index is 0.627. The fourth-order valence-corrected chi connectivity index (χ4v) is 3.37. The zero-order valence-corrected chi connectivity index (χ0v) is 24.7. The molecule has 0 aromatic heterocycles. The van der Waals surface area contributed by atoms with Crippen molar-refractivity contribution in [3.63, 3.8) is 0 Å². The zero-order valence-electron chi connectivity index (χ0n) is 24.7. The lowest BCUT2D eigenvalue weighted by Gasteiger charge is -2.04. The van der Waals surface area contributed by atoms with Crippen LogP contribution < -0.4 is 5.73 Å². The van der Waals surface area contributed by atoms with Crippen molar-refractivity contribution in [1.82, 2.24) is 0 Å². The predicted molar refractivity (Wildman–Crippen MR) is 172 cm³/mol. The smallest absolute Gasteiger partial charge is 0.0155 e. The van der Waals surface area contributed by atoms with Gasteiger partial charge in [0.1, 0.15) is 0 Å². The Hall–Kier alpha value is -3.68. The van der Waals surface area contributed by atoms with Crippen molar-refractivity contribution in [3.8, 4) is 11.1 Å². The van der Waals surface area contributed by atoms with Gasteiger partial charge >= 0.3 is 0 Å². The molecule has 0 saturated carbocycles. The molecule has 0 bridgehead atoms. The molecule has 0 aliphatic heterocycles. The maximum atomic E-state index is 4.50. The first kappa shape index (κ1) is 34.3. The third kappa shape index (κ3) is 16.1. The molecule has 0 fully saturated rings. The van der Waals surface area contributed by atoms with E-state index in [2.05, 4.69) is 133 Å². The molecule has 0 aliphatic carbocycles. The lowest BCUT2D eigenvalue weighted by atomic mass is 10.0. The molecule has 202 valence electrons. The highest BCUT2D eigenvalue weighted by atomic mass is 14.4. The molecular formula is C37H49N. The SMILES string of the molecule is C=C/C(=C\CC)C(C)C.CN.Cc1ccccc1.Cc1ccccc1.Cc1ccccc1-c1ccccc1. The molecule has 0 heterocycles. The third-order valence-electron chi connectivity index (χ3n) is 5.45. The van der Waals surface area contributed by atoms with Crippen molar-refractivity contribution in [2.45, 2.75) is 48.0 Å². The second-order valence-corrected chi connectivity index (χ2v) is 8.96. The van der Waals surface area contributed by atoms with E-state index < -0.39 is 0 Å². The summed E-state index contributed by atoms with van der Waals surface area (Å²) >= 11 is 0. The molecule has 0 atom stereocenters. The molecule has 1 heteroatoms. The minimum atomic E-state index is 0.627. The number of aryl methyl sites for hydroxylation is 3. The van der Waals surface area contributed by atoms with Gasteiger partial charge in [-0.1, -0.05) is 171 Å². The van der Waals surface area contributed by atoms with Crippen molar-refractivity contribution in [2.75, 3.05) is 7.05 Å². The van der Waals surface area contributed by atoms with Crippen LogP contribution in [0.25, 0.3) is 11.1 Å². The van der Waals surface area contributed by atoms with Gasteiger partial charge in [0.25, 0.3) is 0 Å². The highest BCUT2D eigenvalue weighted by molar-refractivity contribution is 5.66. The normalized spacial score (nSPS) is 9.66. The number of hydrogen-bond donors (Lipinski definition) is 1. The Morgan fingerprint density at radius 3 is 1.34 bits per heavy atom. The van der Waals surface area contributed by atoms with Gasteiger partial charge in [-0.15, -0.1) is 0 Å². The summed E-state index contributed by atoms with van der Waals surface area (Å²) in [5.41, 5.74) is 12.4. The Kier molecular flexibility index (Phi) is 20.3. The van der Waals surface area contributed by atoms with E-state index in [0.717, 1.165) is 6.42 Å². The topological polar surface area (TPSA) is 26.0 Å². The number of benzene rings is 4. The van der Waals surface area contributed by atoms with Crippen LogP contribution in [0.1, 0.15) is 43.9 Å². The largest absolute Gasteiger partial charge is 0.333 e. The highest BCUT2D eigenvalue weighted by Crippen LogP contribution is 2.21. The van der Waals surface area contributed by atoms with Crippen LogP contribution >= 0.6 is 0 Å². The molecule has 0 saturated heterocycles. The number of nitrogens with two attached hydrogens (primary N) is 1. The van der Waals surface area contributed by atoms with Gasteiger partial charge in [-0.25, -0.2) is 0 Å². The summed E-state index contributed by atoms with van der Waals surface area (Å²) in [6, 6.07) is 39.4. The summed E-state index contributed by atoms with van der Waals surface area (Å²) in [6.45, 7) is 16.6. The van der Waals surface area contributed by atoms with E-state index in [1.54, 1.807) is 0 Å². The summed E-state index contributed by atoms with van der Waals surface area (Å²) in [5.74, 6) is 0.627. The quantitative estimate of drug-likeness (QED) is 0.273. The van der Waals surface area contributed by atoms with Crippen molar-refractivity contribution in [2.24, 2.45) is 11.7 Å². The van der Waals surface area contributed by atoms with E-state index in [9.17, 15) is 0 Å². The van der Waals surface area contributed by atoms with Crippen LogP contribution in [0.15, 0.2) is 140 Å². The van der Waals surface area contributed by atoms with E-state index in [0.29, 0.717) is 5.92 Å². The molecule has 38 heavy (non-hydrogen) atoms. The first-order valence-electron chi connectivity index (χ1n) is 13.4. The Morgan fingerprint density at radius 1 is 0.658 bits per heavy atom. The molecule has 4 aromatic rings. The van der Waals surface area contributed by atoms with E-state index in [1.165, 1.54) is 40.4 Å². The molecule has 4 rings (SSSR count). The highest BCUT2D eigenvalue weighted by Gasteiger charge is 1.98. The minimum Gasteiger partial charge on any atom is -0.333 e. The molecule has 0 aliphatic rings. The van der Waals surface area contributed by atoms with Gasteiger partial charge in [-0.05, 0) is 56.8 Å². The van der Waals surface area contributed by atoms with Crippen molar-refractivity contribution in [3.05, 3.63) is 156 Å². The first-order chi connectivity index (χ1) is 18.4. The fraction of sp³-hybridized carbons (Fsp3) is 0.243. The van der Waals surface area contributed by atoms with Gasteiger partial charge in [0.2, 0.25) is 0 Å². The second kappa shape index (κ2) is 22.5. The van der Waals surface area contributed by atoms with Crippen LogP contribution in [0.3, 0.4) is 0 Å². The molecule has 1 nitrogen and oxygen atoms in total. The summed E-state index contributed by atoms with van der Waals surface area (Å²) in [7, 11) is 1.50. The van der Waals surface area contributed by atoms with Gasteiger partial charge in [0.15, 0.2) is 0 Å². The van der Waals surface area contributed by atoms with Gasteiger partial charge in [0, 0.05) is 0 Å². The van der Waals surface area contributed by atoms with Crippen molar-refractivity contribution < 1.29 is 0 Å². The average molecular weight is 508 g/mol. The monoisotopic (exact) mass is 507 g/mol. The molecule has 2 N–H and O–H groups in total. The van der Waals surface area contributed by atoms with Gasteiger partial charge in [-0.2, -0.15) is 0 Å². The summed E-state index contributed by atoms with van der Waals surface area (Å²) < 4.78 is 0. The van der Waals surface area contributed by atoms with Gasteiger partial charge < -0.3 is 5.73 Å². The molecule has 0 unspecified atom stereocenters. The summed E-state index contributed by atoms with van der Waals surface area (Å²) in [5, 5.41) is 0. The van der Waals surface area contributed by atoms with Gasteiger partial charge in [-0.3, -0.25) is 0 Å². The molecule has 4 aromatic carbocycles. The summed E-state index contributed by atoms with van der Waals surface area (Å²) in [6.07, 6.45) is 5.27. The molecule has 0 spiro atoms. The Bertz CT molecular complexity index is 1070. The average Bonchev–Trinajstić information content (AvgIpc) is 2.95. The fourth-order valence-electron chi connectivity index (χ4n) is 3.37. The molecular weight excluding hydrogens is 458 g/mol.